The number of piperazine rings is 1. The monoisotopic (exact) mass is 466 g/mol. The lowest BCUT2D eigenvalue weighted by atomic mass is 10.1. The Morgan fingerprint density at radius 3 is 2.39 bits per heavy atom. The van der Waals surface area contributed by atoms with Crippen molar-refractivity contribution in [3.05, 3.63) is 59.1 Å². The SMILES string of the molecule is O=C(C1CCN(c2ccc(Cl)cc2)C1=O)N1CCN(CC(=O)N2CCc3ccccc32)CC1. The Balaban J connectivity index is 1.14. The van der Waals surface area contributed by atoms with E-state index in [4.69, 9.17) is 11.6 Å². The molecule has 3 heterocycles. The summed E-state index contributed by atoms with van der Waals surface area (Å²) in [5.74, 6) is -0.775. The molecule has 0 spiro atoms. The number of halogens is 1. The normalized spacial score (nSPS) is 20.9. The number of hydrogen-bond acceptors (Lipinski definition) is 4. The molecule has 8 heteroatoms. The number of anilines is 2. The molecular weight excluding hydrogens is 440 g/mol. The third kappa shape index (κ3) is 4.35. The summed E-state index contributed by atoms with van der Waals surface area (Å²) in [4.78, 5) is 46.3. The summed E-state index contributed by atoms with van der Waals surface area (Å²) in [7, 11) is 0. The van der Waals surface area contributed by atoms with Crippen molar-refractivity contribution in [3.63, 3.8) is 0 Å². The number of carbonyl (C=O) groups is 3. The maximum Gasteiger partial charge on any atom is 0.241 e. The molecule has 1 unspecified atom stereocenters. The molecule has 3 aliphatic rings. The van der Waals surface area contributed by atoms with Gasteiger partial charge < -0.3 is 14.7 Å². The Hall–Kier alpha value is -2.90. The molecule has 7 nitrogen and oxygen atoms in total. The van der Waals surface area contributed by atoms with Gasteiger partial charge in [-0.05, 0) is 48.7 Å². The van der Waals surface area contributed by atoms with Gasteiger partial charge in [-0.1, -0.05) is 29.8 Å². The fourth-order valence-corrected chi connectivity index (χ4v) is 5.13. The minimum atomic E-state index is -0.630. The van der Waals surface area contributed by atoms with E-state index in [2.05, 4.69) is 11.0 Å². The van der Waals surface area contributed by atoms with Gasteiger partial charge in [0.05, 0.1) is 6.54 Å². The summed E-state index contributed by atoms with van der Waals surface area (Å²) in [5.41, 5.74) is 3.00. The molecule has 0 N–H and O–H groups in total. The molecule has 2 fully saturated rings. The Bertz CT molecular complexity index is 1070. The number of hydrogen-bond donors (Lipinski definition) is 0. The second-order valence-corrected chi connectivity index (χ2v) is 9.27. The highest BCUT2D eigenvalue weighted by atomic mass is 35.5. The summed E-state index contributed by atoms with van der Waals surface area (Å²) >= 11 is 5.95. The van der Waals surface area contributed by atoms with Crippen LogP contribution >= 0.6 is 11.6 Å². The molecule has 0 bridgehead atoms. The van der Waals surface area contributed by atoms with Crippen molar-refractivity contribution in [3.8, 4) is 0 Å². The van der Waals surface area contributed by atoms with Crippen LogP contribution in [0.5, 0.6) is 0 Å². The van der Waals surface area contributed by atoms with Gasteiger partial charge in [0.1, 0.15) is 5.92 Å². The van der Waals surface area contributed by atoms with Crippen LogP contribution in [0, 0.1) is 5.92 Å². The summed E-state index contributed by atoms with van der Waals surface area (Å²) in [6.45, 7) is 3.95. The molecular formula is C25H27ClN4O3. The minimum absolute atomic E-state index is 0.101. The minimum Gasteiger partial charge on any atom is -0.339 e. The average molecular weight is 467 g/mol. The molecule has 2 aromatic rings. The molecule has 5 rings (SSSR count). The van der Waals surface area contributed by atoms with Gasteiger partial charge in [0.15, 0.2) is 0 Å². The van der Waals surface area contributed by atoms with Gasteiger partial charge in [0.25, 0.3) is 0 Å². The number of carbonyl (C=O) groups excluding carboxylic acids is 3. The number of rotatable bonds is 4. The highest BCUT2D eigenvalue weighted by Crippen LogP contribution is 2.29. The first-order valence-electron chi connectivity index (χ1n) is 11.5. The predicted octanol–water partition coefficient (Wildman–Crippen LogP) is 2.43. The van der Waals surface area contributed by atoms with E-state index in [-0.39, 0.29) is 17.7 Å². The van der Waals surface area contributed by atoms with Crippen LogP contribution in [0.25, 0.3) is 0 Å². The topological polar surface area (TPSA) is 64.2 Å². The lowest BCUT2D eigenvalue weighted by Gasteiger charge is -2.36. The van der Waals surface area contributed by atoms with Gasteiger partial charge in [-0.3, -0.25) is 19.3 Å². The van der Waals surface area contributed by atoms with Crippen molar-refractivity contribution >= 4 is 40.7 Å². The van der Waals surface area contributed by atoms with E-state index in [9.17, 15) is 14.4 Å². The van der Waals surface area contributed by atoms with Gasteiger partial charge >= 0.3 is 0 Å². The summed E-state index contributed by atoms with van der Waals surface area (Å²) in [5, 5.41) is 0.614. The van der Waals surface area contributed by atoms with Crippen molar-refractivity contribution in [1.29, 1.82) is 0 Å². The smallest absolute Gasteiger partial charge is 0.241 e. The zero-order chi connectivity index (χ0) is 22.9. The molecule has 0 radical (unpaired) electrons. The molecule has 172 valence electrons. The van der Waals surface area contributed by atoms with E-state index < -0.39 is 5.92 Å². The largest absolute Gasteiger partial charge is 0.339 e. The van der Waals surface area contributed by atoms with Crippen molar-refractivity contribution in [2.24, 2.45) is 5.92 Å². The third-order valence-electron chi connectivity index (χ3n) is 6.87. The van der Waals surface area contributed by atoms with Crippen LogP contribution in [0.3, 0.4) is 0 Å². The zero-order valence-corrected chi connectivity index (χ0v) is 19.2. The van der Waals surface area contributed by atoms with Gasteiger partial charge in [0, 0.05) is 55.7 Å². The van der Waals surface area contributed by atoms with Crippen LogP contribution in [-0.4, -0.2) is 73.3 Å². The van der Waals surface area contributed by atoms with Crippen molar-refractivity contribution < 1.29 is 14.4 Å². The third-order valence-corrected chi connectivity index (χ3v) is 7.12. The second kappa shape index (κ2) is 9.15. The van der Waals surface area contributed by atoms with Gasteiger partial charge in [0.2, 0.25) is 17.7 Å². The number of para-hydroxylation sites is 1. The first kappa shape index (κ1) is 21.9. The first-order valence-corrected chi connectivity index (χ1v) is 11.9. The Morgan fingerprint density at radius 1 is 0.909 bits per heavy atom. The number of fused-ring (bicyclic) bond motifs is 1. The highest BCUT2D eigenvalue weighted by molar-refractivity contribution is 6.30. The summed E-state index contributed by atoms with van der Waals surface area (Å²) in [6, 6.07) is 15.2. The van der Waals surface area contributed by atoms with Crippen molar-refractivity contribution in [1.82, 2.24) is 9.80 Å². The van der Waals surface area contributed by atoms with E-state index >= 15 is 0 Å². The van der Waals surface area contributed by atoms with E-state index in [1.165, 1.54) is 5.56 Å². The molecule has 3 amide bonds. The van der Waals surface area contributed by atoms with E-state index in [0.29, 0.717) is 50.7 Å². The maximum absolute atomic E-state index is 13.1. The lowest BCUT2D eigenvalue weighted by molar-refractivity contribution is -0.141. The van der Waals surface area contributed by atoms with Crippen LogP contribution < -0.4 is 9.80 Å². The molecule has 2 aromatic carbocycles. The van der Waals surface area contributed by atoms with Crippen molar-refractivity contribution in [2.45, 2.75) is 12.8 Å². The van der Waals surface area contributed by atoms with Gasteiger partial charge in [-0.25, -0.2) is 0 Å². The maximum atomic E-state index is 13.1. The summed E-state index contributed by atoms with van der Waals surface area (Å²) < 4.78 is 0. The number of nitrogens with zero attached hydrogens (tertiary/aromatic N) is 4. The molecule has 0 aromatic heterocycles. The number of benzene rings is 2. The van der Waals surface area contributed by atoms with Crippen LogP contribution in [0.1, 0.15) is 12.0 Å². The predicted molar refractivity (Wildman–Crippen MR) is 127 cm³/mol. The fraction of sp³-hybridized carbons (Fsp3) is 0.400. The Morgan fingerprint density at radius 2 is 1.64 bits per heavy atom. The van der Waals surface area contributed by atoms with Crippen LogP contribution in [0.4, 0.5) is 11.4 Å². The lowest BCUT2D eigenvalue weighted by Crippen LogP contribution is -2.53. The quantitative estimate of drug-likeness (QED) is 0.649. The summed E-state index contributed by atoms with van der Waals surface area (Å²) in [6.07, 6.45) is 1.42. The van der Waals surface area contributed by atoms with Gasteiger partial charge in [-0.15, -0.1) is 0 Å². The van der Waals surface area contributed by atoms with Gasteiger partial charge in [-0.2, -0.15) is 0 Å². The molecule has 3 aliphatic heterocycles. The molecule has 0 saturated carbocycles. The zero-order valence-electron chi connectivity index (χ0n) is 18.5. The first-order chi connectivity index (χ1) is 16.0. The number of amides is 3. The van der Waals surface area contributed by atoms with Crippen LogP contribution in [0.2, 0.25) is 5.02 Å². The van der Waals surface area contributed by atoms with Crippen LogP contribution in [0.15, 0.2) is 48.5 Å². The van der Waals surface area contributed by atoms with E-state index in [1.807, 2.05) is 35.2 Å². The Labute approximate surface area is 198 Å². The molecule has 0 aliphatic carbocycles. The second-order valence-electron chi connectivity index (χ2n) is 8.83. The van der Waals surface area contributed by atoms with Crippen molar-refractivity contribution in [2.75, 3.05) is 55.6 Å². The molecule has 33 heavy (non-hydrogen) atoms. The van der Waals surface area contributed by atoms with E-state index in [1.54, 1.807) is 21.9 Å². The molecule has 1 atom stereocenters. The van der Waals surface area contributed by atoms with E-state index in [0.717, 1.165) is 24.3 Å². The standard InChI is InChI=1S/C25H27ClN4O3/c26-19-5-7-20(8-6-19)29-12-10-21(25(29)33)24(32)28-15-13-27(14-16-28)17-23(31)30-11-9-18-3-1-2-4-22(18)30/h1-8,21H,9-17H2. The highest BCUT2D eigenvalue weighted by Gasteiger charge is 2.40. The van der Waals surface area contributed by atoms with Crippen LogP contribution in [-0.2, 0) is 20.8 Å². The fourth-order valence-electron chi connectivity index (χ4n) is 5.01. The molecule has 2 saturated heterocycles. The average Bonchev–Trinajstić information content (AvgIpc) is 3.43. The Kier molecular flexibility index (Phi) is 6.08.